The van der Waals surface area contributed by atoms with Crippen molar-refractivity contribution in [3.63, 3.8) is 0 Å². The van der Waals surface area contributed by atoms with Crippen molar-refractivity contribution in [2.45, 2.75) is 31.6 Å². The Kier molecular flexibility index (Phi) is 4.91. The summed E-state index contributed by atoms with van der Waals surface area (Å²) in [5, 5.41) is 0.437. The van der Waals surface area contributed by atoms with Crippen LogP contribution in [0.5, 0.6) is 0 Å². The summed E-state index contributed by atoms with van der Waals surface area (Å²) in [6.45, 7) is 0. The standard InChI is InChI=1S/C21H16BrClFNO2/c22-13-7-8-17(16(23)10-13)25-18-5-2-6-19(26)21(18)15(11-20(25)27)12-3-1-4-14(24)9-12/h1,3-4,7-10,15H,2,5-6,11H2. The fraction of sp³-hybridized carbons (Fsp3) is 0.238. The van der Waals surface area contributed by atoms with Crippen molar-refractivity contribution < 1.29 is 14.0 Å². The zero-order chi connectivity index (χ0) is 19.1. The van der Waals surface area contributed by atoms with Crippen LogP contribution in [0.3, 0.4) is 0 Å². The number of Topliss-reactive ketones (excluding diaryl/α,β-unsaturated/α-hetero) is 1. The van der Waals surface area contributed by atoms with E-state index in [4.69, 9.17) is 11.6 Å². The number of nitrogens with zero attached hydrogens (tertiary/aromatic N) is 1. The van der Waals surface area contributed by atoms with Gasteiger partial charge in [-0.15, -0.1) is 0 Å². The molecule has 0 saturated heterocycles. The van der Waals surface area contributed by atoms with Crippen LogP contribution in [0.4, 0.5) is 10.1 Å². The molecule has 1 aliphatic heterocycles. The minimum atomic E-state index is -0.415. The number of benzene rings is 2. The summed E-state index contributed by atoms with van der Waals surface area (Å²) < 4.78 is 14.6. The molecule has 0 fully saturated rings. The van der Waals surface area contributed by atoms with E-state index < -0.39 is 5.92 Å². The van der Waals surface area contributed by atoms with Crippen molar-refractivity contribution in [3.8, 4) is 0 Å². The summed E-state index contributed by atoms with van der Waals surface area (Å²) in [6.07, 6.45) is 1.86. The molecule has 4 rings (SSSR count). The van der Waals surface area contributed by atoms with Gasteiger partial charge < -0.3 is 0 Å². The van der Waals surface area contributed by atoms with Crippen LogP contribution in [-0.2, 0) is 9.59 Å². The molecule has 0 N–H and O–H groups in total. The molecule has 2 aromatic carbocycles. The van der Waals surface area contributed by atoms with Crippen LogP contribution in [0.2, 0.25) is 5.02 Å². The zero-order valence-corrected chi connectivity index (χ0v) is 16.7. The lowest BCUT2D eigenvalue weighted by molar-refractivity contribution is -0.119. The Bertz CT molecular complexity index is 988. The molecule has 3 nitrogen and oxygen atoms in total. The van der Waals surface area contributed by atoms with Gasteiger partial charge in [-0.25, -0.2) is 4.39 Å². The Morgan fingerprint density at radius 3 is 2.67 bits per heavy atom. The fourth-order valence-electron chi connectivity index (χ4n) is 3.94. The summed E-state index contributed by atoms with van der Waals surface area (Å²) in [6, 6.07) is 11.5. The minimum Gasteiger partial charge on any atom is -0.294 e. The van der Waals surface area contributed by atoms with E-state index in [1.807, 2.05) is 6.07 Å². The van der Waals surface area contributed by atoms with Gasteiger partial charge in [0.1, 0.15) is 5.82 Å². The first kappa shape index (κ1) is 18.4. The maximum Gasteiger partial charge on any atom is 0.232 e. The second-order valence-electron chi connectivity index (χ2n) is 6.77. The van der Waals surface area contributed by atoms with Crippen LogP contribution in [-0.4, -0.2) is 11.7 Å². The third-order valence-electron chi connectivity index (χ3n) is 5.08. The van der Waals surface area contributed by atoms with Crippen molar-refractivity contribution in [2.75, 3.05) is 4.90 Å². The van der Waals surface area contributed by atoms with E-state index in [0.29, 0.717) is 46.8 Å². The molecule has 1 heterocycles. The normalized spacial score (nSPS) is 20.1. The smallest absolute Gasteiger partial charge is 0.232 e. The predicted octanol–water partition coefficient (Wildman–Crippen LogP) is 5.77. The highest BCUT2D eigenvalue weighted by molar-refractivity contribution is 9.10. The van der Waals surface area contributed by atoms with Gasteiger partial charge in [-0.05, 0) is 48.7 Å². The monoisotopic (exact) mass is 447 g/mol. The van der Waals surface area contributed by atoms with E-state index in [0.717, 1.165) is 4.47 Å². The Morgan fingerprint density at radius 1 is 1.11 bits per heavy atom. The molecule has 0 aromatic heterocycles. The summed E-state index contributed by atoms with van der Waals surface area (Å²) >= 11 is 9.76. The molecule has 0 bridgehead atoms. The number of ketones is 1. The highest BCUT2D eigenvalue weighted by Crippen LogP contribution is 2.45. The molecule has 0 spiro atoms. The van der Waals surface area contributed by atoms with Gasteiger partial charge in [0.25, 0.3) is 0 Å². The molecule has 2 aromatic rings. The lowest BCUT2D eigenvalue weighted by Gasteiger charge is -2.38. The number of anilines is 1. The van der Waals surface area contributed by atoms with Crippen LogP contribution in [0.25, 0.3) is 0 Å². The van der Waals surface area contributed by atoms with Crippen LogP contribution in [0.15, 0.2) is 58.2 Å². The first-order chi connectivity index (χ1) is 13.0. The van der Waals surface area contributed by atoms with E-state index in [2.05, 4.69) is 15.9 Å². The van der Waals surface area contributed by atoms with Crippen molar-refractivity contribution in [1.82, 2.24) is 0 Å². The van der Waals surface area contributed by atoms with E-state index in [1.165, 1.54) is 12.1 Å². The van der Waals surface area contributed by atoms with Crippen molar-refractivity contribution >= 4 is 44.9 Å². The highest BCUT2D eigenvalue weighted by atomic mass is 79.9. The van der Waals surface area contributed by atoms with Gasteiger partial charge in [-0.2, -0.15) is 0 Å². The molecule has 1 amide bonds. The number of carbonyl (C=O) groups excluding carboxylic acids is 2. The van der Waals surface area contributed by atoms with Crippen molar-refractivity contribution in [1.29, 1.82) is 0 Å². The van der Waals surface area contributed by atoms with Crippen LogP contribution < -0.4 is 4.90 Å². The van der Waals surface area contributed by atoms with Gasteiger partial charge in [-0.1, -0.05) is 39.7 Å². The first-order valence-corrected chi connectivity index (χ1v) is 9.92. The lowest BCUT2D eigenvalue weighted by atomic mass is 9.77. The van der Waals surface area contributed by atoms with Gasteiger partial charge in [0.2, 0.25) is 5.91 Å². The van der Waals surface area contributed by atoms with Gasteiger partial charge in [-0.3, -0.25) is 14.5 Å². The maximum atomic E-state index is 13.8. The summed E-state index contributed by atoms with van der Waals surface area (Å²) in [5.74, 6) is -0.900. The quantitative estimate of drug-likeness (QED) is 0.585. The third kappa shape index (κ3) is 3.34. The number of carbonyl (C=O) groups is 2. The molecule has 27 heavy (non-hydrogen) atoms. The third-order valence-corrected chi connectivity index (χ3v) is 5.87. The molecule has 6 heteroatoms. The first-order valence-electron chi connectivity index (χ1n) is 8.75. The Hall–Kier alpha value is -1.98. The Morgan fingerprint density at radius 2 is 1.93 bits per heavy atom. The number of hydrogen-bond acceptors (Lipinski definition) is 2. The number of halogens is 3. The van der Waals surface area contributed by atoms with E-state index in [9.17, 15) is 14.0 Å². The topological polar surface area (TPSA) is 37.4 Å². The van der Waals surface area contributed by atoms with Crippen molar-refractivity contribution in [3.05, 3.63) is 74.6 Å². The highest BCUT2D eigenvalue weighted by Gasteiger charge is 2.40. The molecule has 1 unspecified atom stereocenters. The second-order valence-corrected chi connectivity index (χ2v) is 8.10. The second kappa shape index (κ2) is 7.21. The van der Waals surface area contributed by atoms with Gasteiger partial charge in [0.05, 0.1) is 10.7 Å². The SMILES string of the molecule is O=C1CCCC2=C1C(c1cccc(F)c1)CC(=O)N2c1ccc(Br)cc1Cl. The largest absolute Gasteiger partial charge is 0.294 e. The number of hydrogen-bond donors (Lipinski definition) is 0. The fourth-order valence-corrected chi connectivity index (χ4v) is 4.70. The van der Waals surface area contributed by atoms with Crippen LogP contribution in [0, 0.1) is 5.82 Å². The summed E-state index contributed by atoms with van der Waals surface area (Å²) in [4.78, 5) is 27.4. The van der Waals surface area contributed by atoms with Crippen molar-refractivity contribution in [2.24, 2.45) is 0 Å². The molecule has 1 aliphatic carbocycles. The van der Waals surface area contributed by atoms with Gasteiger partial charge in [0, 0.05) is 34.5 Å². The number of amides is 1. The zero-order valence-electron chi connectivity index (χ0n) is 14.3. The average molecular weight is 449 g/mol. The lowest BCUT2D eigenvalue weighted by Crippen LogP contribution is -2.40. The van der Waals surface area contributed by atoms with E-state index >= 15 is 0 Å². The molecular weight excluding hydrogens is 433 g/mol. The average Bonchev–Trinajstić information content (AvgIpc) is 2.62. The molecular formula is C21H16BrClFNO2. The molecule has 0 radical (unpaired) electrons. The van der Waals surface area contributed by atoms with Crippen LogP contribution in [0.1, 0.15) is 37.2 Å². The van der Waals surface area contributed by atoms with Gasteiger partial charge >= 0.3 is 0 Å². The molecule has 1 atom stereocenters. The predicted molar refractivity (Wildman–Crippen MR) is 106 cm³/mol. The Labute approximate surface area is 169 Å². The summed E-state index contributed by atoms with van der Waals surface area (Å²) in [7, 11) is 0. The van der Waals surface area contributed by atoms with Gasteiger partial charge in [0.15, 0.2) is 5.78 Å². The maximum absolute atomic E-state index is 13.8. The minimum absolute atomic E-state index is 0.0243. The molecule has 2 aliphatic rings. The number of rotatable bonds is 2. The van der Waals surface area contributed by atoms with E-state index in [1.54, 1.807) is 29.2 Å². The molecule has 138 valence electrons. The van der Waals surface area contributed by atoms with E-state index in [-0.39, 0.29) is 23.9 Å². The Balaban J connectivity index is 1.88. The number of allylic oxidation sites excluding steroid dienone is 2. The molecule has 0 saturated carbocycles. The summed E-state index contributed by atoms with van der Waals surface area (Å²) in [5.41, 5.74) is 2.55. The van der Waals surface area contributed by atoms with Crippen LogP contribution >= 0.6 is 27.5 Å².